The molecule has 1 unspecified atom stereocenters. The summed E-state index contributed by atoms with van der Waals surface area (Å²) >= 11 is 3.35. The molecule has 152 valence electrons. The summed E-state index contributed by atoms with van der Waals surface area (Å²) in [5.41, 5.74) is 3.65. The number of ether oxygens (including phenoxy) is 1. The molecular weight excluding hydrogens is 426 g/mol. The van der Waals surface area contributed by atoms with E-state index in [0.717, 1.165) is 33.8 Å². The van der Waals surface area contributed by atoms with Gasteiger partial charge in [-0.25, -0.2) is 13.4 Å². The van der Waals surface area contributed by atoms with E-state index in [-0.39, 0.29) is 4.75 Å². The summed E-state index contributed by atoms with van der Waals surface area (Å²) in [6, 6.07) is 13.4. The van der Waals surface area contributed by atoms with E-state index >= 15 is 0 Å². The van der Waals surface area contributed by atoms with Crippen LogP contribution in [0.25, 0.3) is 10.2 Å². The number of nitrogens with one attached hydrogen (secondary N) is 1. The van der Waals surface area contributed by atoms with Crippen molar-refractivity contribution in [2.45, 2.75) is 22.1 Å². The number of benzene rings is 2. The molecule has 0 bridgehead atoms. The van der Waals surface area contributed by atoms with E-state index in [4.69, 9.17) is 4.74 Å². The maximum Gasteiger partial charge on any atom is 0.243 e. The molecule has 1 spiro atoms. The van der Waals surface area contributed by atoms with E-state index in [9.17, 15) is 8.42 Å². The van der Waals surface area contributed by atoms with Gasteiger partial charge in [0, 0.05) is 35.3 Å². The van der Waals surface area contributed by atoms with Crippen LogP contribution in [0.5, 0.6) is 5.75 Å². The summed E-state index contributed by atoms with van der Waals surface area (Å²) in [4.78, 5) is 4.59. The molecule has 1 N–H and O–H groups in total. The fourth-order valence-electron chi connectivity index (χ4n) is 3.99. The molecular formula is C20H21N3O3S3. The normalized spacial score (nSPS) is 21.3. The lowest BCUT2D eigenvalue weighted by Gasteiger charge is -2.46. The highest BCUT2D eigenvalue weighted by Crippen LogP contribution is 2.47. The first-order valence-electron chi connectivity index (χ1n) is 9.35. The first kappa shape index (κ1) is 19.2. The highest BCUT2D eigenvalue weighted by Gasteiger charge is 2.52. The minimum atomic E-state index is -3.45. The lowest BCUT2D eigenvalue weighted by atomic mass is 9.94. The number of aromatic nitrogens is 1. The van der Waals surface area contributed by atoms with E-state index in [1.165, 1.54) is 11.3 Å². The van der Waals surface area contributed by atoms with Crippen LogP contribution in [0.1, 0.15) is 6.42 Å². The third-order valence-corrected chi connectivity index (χ3v) is 9.73. The van der Waals surface area contributed by atoms with Crippen LogP contribution >= 0.6 is 23.1 Å². The molecule has 0 saturated carbocycles. The Morgan fingerprint density at radius 1 is 1.21 bits per heavy atom. The number of rotatable bonds is 5. The molecule has 3 aromatic rings. The third kappa shape index (κ3) is 3.50. The average Bonchev–Trinajstić information content (AvgIpc) is 3.34. The summed E-state index contributed by atoms with van der Waals surface area (Å²) in [6.45, 7) is 1.14. The summed E-state index contributed by atoms with van der Waals surface area (Å²) in [5.74, 6) is 1.82. The summed E-state index contributed by atoms with van der Waals surface area (Å²) in [7, 11) is -1.80. The Hall–Kier alpha value is -1.81. The van der Waals surface area contributed by atoms with Crippen molar-refractivity contribution in [3.63, 3.8) is 0 Å². The van der Waals surface area contributed by atoms with Gasteiger partial charge in [0.05, 0.1) is 27.7 Å². The highest BCUT2D eigenvalue weighted by molar-refractivity contribution is 8.01. The zero-order valence-electron chi connectivity index (χ0n) is 15.9. The molecule has 3 heterocycles. The summed E-state index contributed by atoms with van der Waals surface area (Å²) in [5, 5.41) is 3.57. The quantitative estimate of drug-likeness (QED) is 0.644. The number of hydrogen-bond donors (Lipinski definition) is 1. The smallest absolute Gasteiger partial charge is 0.243 e. The van der Waals surface area contributed by atoms with E-state index in [0.29, 0.717) is 24.0 Å². The van der Waals surface area contributed by atoms with Crippen molar-refractivity contribution in [3.8, 4) is 5.75 Å². The summed E-state index contributed by atoms with van der Waals surface area (Å²) in [6.07, 6.45) is 0.962. The molecule has 2 aromatic carbocycles. The van der Waals surface area contributed by atoms with Gasteiger partial charge < -0.3 is 10.1 Å². The first-order chi connectivity index (χ1) is 14.0. The second kappa shape index (κ2) is 7.16. The molecule has 0 aliphatic carbocycles. The van der Waals surface area contributed by atoms with Crippen LogP contribution in [-0.4, -0.2) is 54.4 Å². The van der Waals surface area contributed by atoms with Crippen molar-refractivity contribution in [1.29, 1.82) is 0 Å². The Balaban J connectivity index is 1.23. The minimum Gasteiger partial charge on any atom is -0.497 e. The van der Waals surface area contributed by atoms with Gasteiger partial charge in [0.25, 0.3) is 0 Å². The van der Waals surface area contributed by atoms with Crippen molar-refractivity contribution in [1.82, 2.24) is 9.29 Å². The largest absolute Gasteiger partial charge is 0.497 e. The third-order valence-electron chi connectivity index (χ3n) is 5.54. The topological polar surface area (TPSA) is 71.5 Å². The second-order valence-electron chi connectivity index (χ2n) is 7.52. The zero-order valence-corrected chi connectivity index (χ0v) is 18.3. The van der Waals surface area contributed by atoms with Crippen LogP contribution in [-0.2, 0) is 10.0 Å². The number of nitrogens with zero attached hydrogens (tertiary/aromatic N) is 2. The lowest BCUT2D eigenvalue weighted by Crippen LogP contribution is -2.60. The van der Waals surface area contributed by atoms with Crippen LogP contribution in [0.2, 0.25) is 0 Å². The van der Waals surface area contributed by atoms with Crippen LogP contribution in [0, 0.1) is 0 Å². The molecule has 29 heavy (non-hydrogen) atoms. The van der Waals surface area contributed by atoms with Crippen LogP contribution in [0.3, 0.4) is 0 Å². The van der Waals surface area contributed by atoms with Crippen molar-refractivity contribution >= 4 is 49.0 Å². The fourth-order valence-corrected chi connectivity index (χ4v) is 8.15. The van der Waals surface area contributed by atoms with Crippen molar-refractivity contribution < 1.29 is 13.2 Å². The highest BCUT2D eigenvalue weighted by atomic mass is 32.2. The Labute approximate surface area is 178 Å². The van der Waals surface area contributed by atoms with E-state index in [2.05, 4.69) is 10.3 Å². The van der Waals surface area contributed by atoms with Crippen LogP contribution in [0.15, 0.2) is 52.9 Å². The Morgan fingerprint density at radius 2 is 2.00 bits per heavy atom. The first-order valence-corrected chi connectivity index (χ1v) is 12.7. The maximum atomic E-state index is 13.0. The standard InChI is InChI=1S/C20H21N3O3S3/c1-26-16-4-2-14(3-5-16)22-15-9-20(28-10-15)11-23(12-20)29(24,25)17-6-7-18-19(8-17)27-13-21-18/h2-8,13,15,22H,9-12H2,1H3. The molecule has 2 aliphatic heterocycles. The van der Waals surface area contributed by atoms with Gasteiger partial charge in [0.2, 0.25) is 10.0 Å². The van der Waals surface area contributed by atoms with Crippen LogP contribution < -0.4 is 10.1 Å². The minimum absolute atomic E-state index is 0.0196. The molecule has 5 rings (SSSR count). The van der Waals surface area contributed by atoms with Gasteiger partial charge >= 0.3 is 0 Å². The van der Waals surface area contributed by atoms with Gasteiger partial charge in [-0.2, -0.15) is 16.1 Å². The molecule has 6 nitrogen and oxygen atoms in total. The Kier molecular flexibility index (Phi) is 4.73. The van der Waals surface area contributed by atoms with Crippen LogP contribution in [0.4, 0.5) is 5.69 Å². The molecule has 1 atom stereocenters. The number of thioether (sulfide) groups is 1. The number of sulfonamides is 1. The molecule has 0 radical (unpaired) electrons. The number of thiazole rings is 1. The van der Waals surface area contributed by atoms with E-state index in [1.807, 2.05) is 36.0 Å². The Bertz CT molecular complexity index is 1140. The van der Waals surface area contributed by atoms with Crippen molar-refractivity contribution in [2.24, 2.45) is 0 Å². The van der Waals surface area contributed by atoms with Crippen molar-refractivity contribution in [3.05, 3.63) is 48.0 Å². The molecule has 0 amide bonds. The zero-order chi connectivity index (χ0) is 20.1. The molecule has 2 saturated heterocycles. The van der Waals surface area contributed by atoms with Crippen molar-refractivity contribution in [2.75, 3.05) is 31.3 Å². The number of anilines is 1. The molecule has 2 aliphatic rings. The number of methoxy groups -OCH3 is 1. The second-order valence-corrected chi connectivity index (χ2v) is 11.8. The van der Waals surface area contributed by atoms with Gasteiger partial charge in [0.1, 0.15) is 5.75 Å². The maximum absolute atomic E-state index is 13.0. The summed E-state index contributed by atoms with van der Waals surface area (Å²) < 4.78 is 33.8. The predicted molar refractivity (Wildman–Crippen MR) is 119 cm³/mol. The van der Waals surface area contributed by atoms with Gasteiger partial charge in [0.15, 0.2) is 0 Å². The number of fused-ring (bicyclic) bond motifs is 1. The van der Waals surface area contributed by atoms with Gasteiger partial charge in [-0.15, -0.1) is 11.3 Å². The SMILES string of the molecule is COc1ccc(NC2CSC3(C2)CN(S(=O)(=O)c2ccc4ncsc4c2)C3)cc1. The van der Waals surface area contributed by atoms with Gasteiger partial charge in [-0.1, -0.05) is 0 Å². The monoisotopic (exact) mass is 447 g/mol. The Morgan fingerprint density at radius 3 is 2.76 bits per heavy atom. The predicted octanol–water partition coefficient (Wildman–Crippen LogP) is 3.67. The number of hydrogen-bond acceptors (Lipinski definition) is 7. The average molecular weight is 448 g/mol. The molecule has 1 aromatic heterocycles. The van der Waals surface area contributed by atoms with Gasteiger partial charge in [-0.3, -0.25) is 0 Å². The molecule has 2 fully saturated rings. The van der Waals surface area contributed by atoms with E-state index in [1.54, 1.807) is 35.1 Å². The fraction of sp³-hybridized carbons (Fsp3) is 0.350. The lowest BCUT2D eigenvalue weighted by molar-refractivity contribution is 0.226. The van der Waals surface area contributed by atoms with Gasteiger partial charge in [-0.05, 0) is 48.9 Å². The molecule has 9 heteroatoms. The van der Waals surface area contributed by atoms with E-state index < -0.39 is 10.0 Å².